The second-order valence-electron chi connectivity index (χ2n) is 7.44. The van der Waals surface area contributed by atoms with E-state index < -0.39 is 0 Å². The Morgan fingerprint density at radius 1 is 1.11 bits per heavy atom. The fourth-order valence-electron chi connectivity index (χ4n) is 3.59. The average Bonchev–Trinajstić information content (AvgIpc) is 2.68. The molecule has 4 nitrogen and oxygen atoms in total. The Kier molecular flexibility index (Phi) is 8.19. The molecule has 1 aliphatic rings. The summed E-state index contributed by atoms with van der Waals surface area (Å²) in [4.78, 5) is 0. The summed E-state index contributed by atoms with van der Waals surface area (Å²) in [5.74, 6) is 2.33. The van der Waals surface area contributed by atoms with E-state index in [9.17, 15) is 0 Å². The van der Waals surface area contributed by atoms with E-state index >= 15 is 0 Å². The maximum Gasteiger partial charge on any atom is 0.175 e. The minimum absolute atomic E-state index is 0.521. The van der Waals surface area contributed by atoms with Gasteiger partial charge < -0.3 is 20.1 Å². The molecule has 0 saturated carbocycles. The lowest BCUT2D eigenvalue weighted by atomic mass is 9.98. The molecule has 5 heteroatoms. The molecule has 1 heterocycles. The van der Waals surface area contributed by atoms with E-state index in [2.05, 4.69) is 69.9 Å². The third-order valence-corrected chi connectivity index (χ3v) is 5.64. The number of piperidine rings is 1. The fourth-order valence-corrected chi connectivity index (χ4v) is 4.19. The van der Waals surface area contributed by atoms with Gasteiger partial charge in [-0.05, 0) is 91.4 Å². The van der Waals surface area contributed by atoms with Crippen LogP contribution in [0.3, 0.4) is 0 Å². The van der Waals surface area contributed by atoms with Crippen molar-refractivity contribution < 1.29 is 9.47 Å². The number of hydrogen-bond acceptors (Lipinski definition) is 4. The smallest absolute Gasteiger partial charge is 0.175 e. The summed E-state index contributed by atoms with van der Waals surface area (Å²) in [5, 5.41) is 7.03. The summed E-state index contributed by atoms with van der Waals surface area (Å²) >= 11 is 3.68. The van der Waals surface area contributed by atoms with Gasteiger partial charge in [-0.1, -0.05) is 29.8 Å². The van der Waals surface area contributed by atoms with E-state index in [0.29, 0.717) is 13.2 Å². The summed E-state index contributed by atoms with van der Waals surface area (Å²) < 4.78 is 12.9. The Labute approximate surface area is 177 Å². The lowest BCUT2D eigenvalue weighted by molar-refractivity contribution is 0.267. The fraction of sp³-hybridized carbons (Fsp3) is 0.478. The van der Waals surface area contributed by atoms with E-state index in [-0.39, 0.29) is 0 Å². The second kappa shape index (κ2) is 10.8. The average molecular weight is 447 g/mol. The molecule has 2 aromatic rings. The van der Waals surface area contributed by atoms with Gasteiger partial charge in [0.2, 0.25) is 0 Å². The minimum Gasteiger partial charge on any atom is -0.490 e. The minimum atomic E-state index is 0.521. The standard InChI is InChI=1S/C23H31BrN2O2/c1-3-27-22-13-20(15-26-14-18-7-9-25-10-8-18)12-21(24)23(22)28-16-19-6-4-5-17(2)11-19/h4-6,11-13,18,25-26H,3,7-10,14-16H2,1-2H3. The van der Waals surface area contributed by atoms with E-state index in [1.165, 1.54) is 24.0 Å². The Hall–Kier alpha value is -1.56. The maximum atomic E-state index is 6.12. The molecule has 0 spiro atoms. The van der Waals surface area contributed by atoms with Crippen molar-refractivity contribution in [2.24, 2.45) is 5.92 Å². The van der Waals surface area contributed by atoms with Gasteiger partial charge in [-0.25, -0.2) is 0 Å². The van der Waals surface area contributed by atoms with E-state index in [4.69, 9.17) is 9.47 Å². The van der Waals surface area contributed by atoms with Crippen LogP contribution in [0.1, 0.15) is 36.5 Å². The first-order chi connectivity index (χ1) is 13.7. The number of nitrogens with one attached hydrogen (secondary N) is 2. The number of hydrogen-bond donors (Lipinski definition) is 2. The summed E-state index contributed by atoms with van der Waals surface area (Å²) in [7, 11) is 0. The van der Waals surface area contributed by atoms with Crippen molar-refractivity contribution in [2.75, 3.05) is 26.2 Å². The molecule has 2 aromatic carbocycles. The first-order valence-corrected chi connectivity index (χ1v) is 11.0. The zero-order valence-electron chi connectivity index (χ0n) is 16.9. The van der Waals surface area contributed by atoms with Gasteiger partial charge in [0.1, 0.15) is 6.61 Å². The molecular formula is C23H31BrN2O2. The van der Waals surface area contributed by atoms with Crippen LogP contribution in [0.4, 0.5) is 0 Å². The highest BCUT2D eigenvalue weighted by Gasteiger charge is 2.15. The highest BCUT2D eigenvalue weighted by molar-refractivity contribution is 9.10. The number of rotatable bonds is 9. The maximum absolute atomic E-state index is 6.12. The Bertz CT molecular complexity index is 760. The molecule has 0 bridgehead atoms. The van der Waals surface area contributed by atoms with Gasteiger partial charge in [-0.15, -0.1) is 0 Å². The molecule has 1 saturated heterocycles. The number of ether oxygens (including phenoxy) is 2. The molecule has 0 atom stereocenters. The molecule has 1 fully saturated rings. The molecule has 0 amide bonds. The van der Waals surface area contributed by atoms with Crippen LogP contribution >= 0.6 is 15.9 Å². The molecular weight excluding hydrogens is 416 g/mol. The van der Waals surface area contributed by atoms with Crippen molar-refractivity contribution in [1.29, 1.82) is 0 Å². The molecule has 0 unspecified atom stereocenters. The summed E-state index contributed by atoms with van der Waals surface area (Å²) in [5.41, 5.74) is 3.59. The Morgan fingerprint density at radius 3 is 2.68 bits per heavy atom. The highest BCUT2D eigenvalue weighted by Crippen LogP contribution is 2.37. The first-order valence-electron chi connectivity index (χ1n) is 10.2. The molecule has 2 N–H and O–H groups in total. The molecule has 28 heavy (non-hydrogen) atoms. The van der Waals surface area contributed by atoms with Gasteiger partial charge in [0.15, 0.2) is 11.5 Å². The van der Waals surface area contributed by atoms with Crippen LogP contribution in [0.15, 0.2) is 40.9 Å². The molecule has 3 rings (SSSR count). The van der Waals surface area contributed by atoms with Crippen molar-refractivity contribution >= 4 is 15.9 Å². The number of aryl methyl sites for hydroxylation is 1. The monoisotopic (exact) mass is 446 g/mol. The van der Waals surface area contributed by atoms with Crippen molar-refractivity contribution in [3.63, 3.8) is 0 Å². The van der Waals surface area contributed by atoms with Gasteiger partial charge in [0.05, 0.1) is 11.1 Å². The normalized spacial score (nSPS) is 14.8. The third kappa shape index (κ3) is 6.23. The van der Waals surface area contributed by atoms with Gasteiger partial charge in [0.25, 0.3) is 0 Å². The SMILES string of the molecule is CCOc1cc(CNCC2CCNCC2)cc(Br)c1OCc1cccc(C)c1. The molecule has 152 valence electrons. The first kappa shape index (κ1) is 21.2. The van der Waals surface area contributed by atoms with Crippen LogP contribution in [0, 0.1) is 12.8 Å². The molecule has 0 radical (unpaired) electrons. The van der Waals surface area contributed by atoms with Crippen molar-refractivity contribution in [1.82, 2.24) is 10.6 Å². The predicted octanol–water partition coefficient (Wildman–Crippen LogP) is 4.82. The van der Waals surface area contributed by atoms with Crippen molar-refractivity contribution in [3.05, 3.63) is 57.6 Å². The summed E-state index contributed by atoms with van der Waals surface area (Å²) in [6.45, 7) is 9.40. The van der Waals surface area contributed by atoms with Gasteiger partial charge >= 0.3 is 0 Å². The van der Waals surface area contributed by atoms with E-state index in [1.54, 1.807) is 0 Å². The van der Waals surface area contributed by atoms with Gasteiger partial charge in [-0.2, -0.15) is 0 Å². The zero-order valence-corrected chi connectivity index (χ0v) is 18.5. The number of halogens is 1. The quantitative estimate of drug-likeness (QED) is 0.578. The van der Waals surface area contributed by atoms with E-state index in [1.807, 2.05) is 6.92 Å². The van der Waals surface area contributed by atoms with E-state index in [0.717, 1.165) is 53.6 Å². The summed E-state index contributed by atoms with van der Waals surface area (Å²) in [6.07, 6.45) is 2.51. The molecule has 0 aromatic heterocycles. The van der Waals surface area contributed by atoms with Crippen LogP contribution in [0.25, 0.3) is 0 Å². The number of benzene rings is 2. The summed E-state index contributed by atoms with van der Waals surface area (Å²) in [6, 6.07) is 12.6. The molecule has 1 aliphatic heterocycles. The lowest BCUT2D eigenvalue weighted by Gasteiger charge is -2.23. The lowest BCUT2D eigenvalue weighted by Crippen LogP contribution is -2.33. The molecule has 0 aliphatic carbocycles. The van der Waals surface area contributed by atoms with Gasteiger partial charge in [0, 0.05) is 6.54 Å². The van der Waals surface area contributed by atoms with Gasteiger partial charge in [-0.3, -0.25) is 0 Å². The Balaban J connectivity index is 1.63. The third-order valence-electron chi connectivity index (χ3n) is 5.06. The van der Waals surface area contributed by atoms with Crippen LogP contribution in [0.2, 0.25) is 0 Å². The highest BCUT2D eigenvalue weighted by atomic mass is 79.9. The van der Waals surface area contributed by atoms with Crippen LogP contribution in [-0.4, -0.2) is 26.2 Å². The van der Waals surface area contributed by atoms with Crippen LogP contribution in [-0.2, 0) is 13.2 Å². The second-order valence-corrected chi connectivity index (χ2v) is 8.29. The largest absolute Gasteiger partial charge is 0.490 e. The predicted molar refractivity (Wildman–Crippen MR) is 118 cm³/mol. The van der Waals surface area contributed by atoms with Crippen LogP contribution < -0.4 is 20.1 Å². The van der Waals surface area contributed by atoms with Crippen molar-refractivity contribution in [2.45, 2.75) is 39.8 Å². The van der Waals surface area contributed by atoms with Crippen molar-refractivity contribution in [3.8, 4) is 11.5 Å². The topological polar surface area (TPSA) is 42.5 Å². The zero-order chi connectivity index (χ0) is 19.8. The van der Waals surface area contributed by atoms with Crippen LogP contribution in [0.5, 0.6) is 11.5 Å². The Morgan fingerprint density at radius 2 is 1.93 bits per heavy atom.